The Bertz CT molecular complexity index is 412. The zero-order valence-corrected chi connectivity index (χ0v) is 9.85. The van der Waals surface area contributed by atoms with E-state index in [1.807, 2.05) is 25.1 Å². The molecule has 1 unspecified atom stereocenters. The average Bonchev–Trinajstić information content (AvgIpc) is 2.26. The van der Waals surface area contributed by atoms with Crippen LogP contribution in [0.5, 0.6) is 0 Å². The Hall–Kier alpha value is -0.870. The van der Waals surface area contributed by atoms with E-state index in [4.69, 9.17) is 10.5 Å². The number of hydrogen-bond donors (Lipinski definition) is 2. The van der Waals surface area contributed by atoms with Gasteiger partial charge in [-0.15, -0.1) is 0 Å². The Morgan fingerprint density at radius 2 is 2.07 bits per heavy atom. The zero-order chi connectivity index (χ0) is 11.3. The summed E-state index contributed by atoms with van der Waals surface area (Å²) in [6.07, 6.45) is 1.78. The van der Waals surface area contributed by atoms with Crippen LogP contribution >= 0.6 is 0 Å². The van der Waals surface area contributed by atoms with Crippen molar-refractivity contribution < 1.29 is 4.21 Å². The lowest BCUT2D eigenvalue weighted by Gasteiger charge is -2.10. The molecule has 0 radical (unpaired) electrons. The fourth-order valence-corrected chi connectivity index (χ4v) is 3.24. The van der Waals surface area contributed by atoms with Gasteiger partial charge in [-0.25, -0.2) is 8.99 Å². The average molecular weight is 226 g/mol. The molecule has 0 saturated heterocycles. The highest BCUT2D eigenvalue weighted by Gasteiger charge is 2.12. The molecule has 15 heavy (non-hydrogen) atoms. The van der Waals surface area contributed by atoms with E-state index in [-0.39, 0.29) is 0 Å². The monoisotopic (exact) mass is 226 g/mol. The van der Waals surface area contributed by atoms with E-state index < -0.39 is 9.73 Å². The number of nitrogens with two attached hydrogens (primary N) is 1. The third-order valence-electron chi connectivity index (χ3n) is 2.33. The maximum Gasteiger partial charge on any atom is 0.0729 e. The fourth-order valence-electron chi connectivity index (χ4n) is 1.45. The summed E-state index contributed by atoms with van der Waals surface area (Å²) in [5.74, 6) is 0.431. The van der Waals surface area contributed by atoms with Crippen molar-refractivity contribution in [3.05, 3.63) is 29.8 Å². The van der Waals surface area contributed by atoms with Gasteiger partial charge in [-0.2, -0.15) is 0 Å². The van der Waals surface area contributed by atoms with Crippen molar-refractivity contribution in [2.75, 3.05) is 5.75 Å². The second-order valence-corrected chi connectivity index (χ2v) is 5.74. The molecular formula is C11H18N2OS. The molecule has 84 valence electrons. The molecule has 0 heterocycles. The SMILES string of the molecule is CCCCS(=N)(=O)c1ccccc1CN. The van der Waals surface area contributed by atoms with Crippen LogP contribution in [0.15, 0.2) is 29.2 Å². The minimum absolute atomic E-state index is 0.345. The molecule has 0 bridgehead atoms. The number of rotatable bonds is 5. The van der Waals surface area contributed by atoms with Crippen molar-refractivity contribution in [3.8, 4) is 0 Å². The first-order chi connectivity index (χ1) is 7.11. The lowest BCUT2D eigenvalue weighted by atomic mass is 10.2. The fraction of sp³-hybridized carbons (Fsp3) is 0.455. The van der Waals surface area contributed by atoms with Crippen LogP contribution in [-0.2, 0) is 16.3 Å². The second-order valence-electron chi connectivity index (χ2n) is 3.54. The first-order valence-electron chi connectivity index (χ1n) is 5.16. The van der Waals surface area contributed by atoms with Crippen LogP contribution in [0.4, 0.5) is 0 Å². The molecule has 0 aliphatic heterocycles. The van der Waals surface area contributed by atoms with Crippen LogP contribution < -0.4 is 5.73 Å². The molecule has 1 aromatic rings. The smallest absolute Gasteiger partial charge is 0.0729 e. The van der Waals surface area contributed by atoms with Gasteiger partial charge in [0.15, 0.2) is 0 Å². The van der Waals surface area contributed by atoms with Crippen molar-refractivity contribution in [2.24, 2.45) is 5.73 Å². The van der Waals surface area contributed by atoms with E-state index in [2.05, 4.69) is 0 Å². The molecule has 0 aromatic heterocycles. The Balaban J connectivity index is 3.04. The number of benzene rings is 1. The highest BCUT2D eigenvalue weighted by atomic mass is 32.2. The predicted molar refractivity (Wildman–Crippen MR) is 63.2 cm³/mol. The summed E-state index contributed by atoms with van der Waals surface area (Å²) in [5, 5.41) is 0. The lowest BCUT2D eigenvalue weighted by Crippen LogP contribution is -2.10. The van der Waals surface area contributed by atoms with Crippen molar-refractivity contribution in [2.45, 2.75) is 31.2 Å². The van der Waals surface area contributed by atoms with Gasteiger partial charge in [0, 0.05) is 12.3 Å². The van der Waals surface area contributed by atoms with Crippen LogP contribution in [0.3, 0.4) is 0 Å². The maximum atomic E-state index is 12.1. The van der Waals surface area contributed by atoms with Gasteiger partial charge in [0.2, 0.25) is 0 Å². The van der Waals surface area contributed by atoms with Gasteiger partial charge >= 0.3 is 0 Å². The van der Waals surface area contributed by atoms with Crippen molar-refractivity contribution in [1.29, 1.82) is 4.78 Å². The second kappa shape index (κ2) is 5.28. The van der Waals surface area contributed by atoms with Gasteiger partial charge in [0.25, 0.3) is 0 Å². The first kappa shape index (κ1) is 12.2. The maximum absolute atomic E-state index is 12.1. The number of hydrogen-bond acceptors (Lipinski definition) is 3. The topological polar surface area (TPSA) is 66.9 Å². The van der Waals surface area contributed by atoms with Crippen LogP contribution in [0.1, 0.15) is 25.3 Å². The molecule has 1 aromatic carbocycles. The van der Waals surface area contributed by atoms with E-state index in [0.717, 1.165) is 18.4 Å². The van der Waals surface area contributed by atoms with E-state index in [0.29, 0.717) is 17.2 Å². The number of nitrogens with one attached hydrogen (secondary N) is 1. The van der Waals surface area contributed by atoms with E-state index in [9.17, 15) is 4.21 Å². The molecule has 3 N–H and O–H groups in total. The molecule has 3 nitrogen and oxygen atoms in total. The molecule has 0 spiro atoms. The Morgan fingerprint density at radius 1 is 1.40 bits per heavy atom. The number of unbranched alkanes of at least 4 members (excludes halogenated alkanes) is 1. The molecular weight excluding hydrogens is 208 g/mol. The Kier molecular flexibility index (Phi) is 4.29. The van der Waals surface area contributed by atoms with Crippen molar-refractivity contribution in [3.63, 3.8) is 0 Å². The van der Waals surface area contributed by atoms with E-state index >= 15 is 0 Å². The normalized spacial score (nSPS) is 14.8. The molecule has 0 saturated carbocycles. The largest absolute Gasteiger partial charge is 0.326 e. The van der Waals surface area contributed by atoms with Crippen molar-refractivity contribution in [1.82, 2.24) is 0 Å². The summed E-state index contributed by atoms with van der Waals surface area (Å²) < 4.78 is 20.0. The summed E-state index contributed by atoms with van der Waals surface area (Å²) in [4.78, 5) is 0.612. The molecule has 1 rings (SSSR count). The summed E-state index contributed by atoms with van der Waals surface area (Å²) in [6, 6.07) is 7.28. The third kappa shape index (κ3) is 3.04. The summed E-state index contributed by atoms with van der Waals surface area (Å²) >= 11 is 0. The zero-order valence-electron chi connectivity index (χ0n) is 9.03. The molecule has 0 aliphatic carbocycles. The minimum atomic E-state index is -2.65. The van der Waals surface area contributed by atoms with Gasteiger partial charge < -0.3 is 5.73 Å². The van der Waals surface area contributed by atoms with Crippen LogP contribution in [0.25, 0.3) is 0 Å². The van der Waals surface area contributed by atoms with E-state index in [1.54, 1.807) is 6.07 Å². The summed E-state index contributed by atoms with van der Waals surface area (Å²) in [5.41, 5.74) is 6.39. The van der Waals surface area contributed by atoms with Gasteiger partial charge in [-0.3, -0.25) is 0 Å². The van der Waals surface area contributed by atoms with Crippen LogP contribution in [0.2, 0.25) is 0 Å². The molecule has 0 aliphatic rings. The molecule has 0 fully saturated rings. The summed E-state index contributed by atoms with van der Waals surface area (Å²) in [6.45, 7) is 2.38. The molecule has 0 amide bonds. The lowest BCUT2D eigenvalue weighted by molar-refractivity contribution is 0.669. The van der Waals surface area contributed by atoms with Crippen LogP contribution in [0, 0.1) is 4.78 Å². The first-order valence-corrected chi connectivity index (χ1v) is 6.89. The highest BCUT2D eigenvalue weighted by molar-refractivity contribution is 7.92. The standard InChI is InChI=1S/C11H18N2OS/c1-2-3-8-15(13,14)11-7-5-4-6-10(11)9-12/h4-7,13H,2-3,8-9,12H2,1H3. The van der Waals surface area contributed by atoms with Gasteiger partial charge in [-0.1, -0.05) is 31.5 Å². The quantitative estimate of drug-likeness (QED) is 0.809. The molecule has 1 atom stereocenters. The van der Waals surface area contributed by atoms with Crippen molar-refractivity contribution >= 4 is 9.73 Å². The van der Waals surface area contributed by atoms with Gasteiger partial charge in [0.1, 0.15) is 0 Å². The van der Waals surface area contributed by atoms with Gasteiger partial charge in [-0.05, 0) is 18.1 Å². The Morgan fingerprint density at radius 3 is 2.67 bits per heavy atom. The Labute approximate surface area is 91.7 Å². The predicted octanol–water partition coefficient (Wildman–Crippen LogP) is 2.35. The molecule has 4 heteroatoms. The van der Waals surface area contributed by atoms with Gasteiger partial charge in [0.05, 0.1) is 14.6 Å². The third-order valence-corrected chi connectivity index (χ3v) is 4.31. The van der Waals surface area contributed by atoms with E-state index in [1.165, 1.54) is 0 Å². The van der Waals surface area contributed by atoms with Crippen LogP contribution in [-0.4, -0.2) is 9.96 Å². The summed E-state index contributed by atoms with van der Waals surface area (Å²) in [7, 11) is -2.65. The minimum Gasteiger partial charge on any atom is -0.326 e. The highest BCUT2D eigenvalue weighted by Crippen LogP contribution is 2.18.